The van der Waals surface area contributed by atoms with E-state index in [0.29, 0.717) is 0 Å². The summed E-state index contributed by atoms with van der Waals surface area (Å²) in [5.74, 6) is 0.938. The molecule has 0 fully saturated rings. The summed E-state index contributed by atoms with van der Waals surface area (Å²) in [6.07, 6.45) is 0. The van der Waals surface area contributed by atoms with Crippen molar-refractivity contribution in [2.75, 3.05) is 0 Å². The second-order valence-corrected chi connectivity index (χ2v) is 13.1. The van der Waals surface area contributed by atoms with E-state index in [0.717, 1.165) is 28.1 Å². The predicted molar refractivity (Wildman–Crippen MR) is 208 cm³/mol. The van der Waals surface area contributed by atoms with Crippen molar-refractivity contribution in [3.8, 4) is 28.2 Å². The first-order valence-electron chi connectivity index (χ1n) is 16.9. The minimum atomic E-state index is 0.938. The van der Waals surface area contributed by atoms with Crippen molar-refractivity contribution >= 4 is 75.7 Å². The van der Waals surface area contributed by atoms with Crippen LogP contribution in [0.3, 0.4) is 0 Å². The minimum absolute atomic E-state index is 0.938. The zero-order valence-corrected chi connectivity index (χ0v) is 26.6. The van der Waals surface area contributed by atoms with E-state index in [1.54, 1.807) is 0 Å². The fourth-order valence-electron chi connectivity index (χ4n) is 8.35. The van der Waals surface area contributed by atoms with E-state index < -0.39 is 0 Å². The normalized spacial score (nSPS) is 12.1. The third-order valence-electron chi connectivity index (χ3n) is 10.5. The molecule has 0 radical (unpaired) electrons. The van der Waals surface area contributed by atoms with Crippen LogP contribution in [0.15, 0.2) is 170 Å². The summed E-state index contributed by atoms with van der Waals surface area (Å²) in [6, 6.07) is 62.1. The van der Waals surface area contributed by atoms with Gasteiger partial charge in [0.05, 0.1) is 11.0 Å². The zero-order valence-electron chi connectivity index (χ0n) is 26.6. The lowest BCUT2D eigenvalue weighted by molar-refractivity contribution is 1.10. The summed E-state index contributed by atoms with van der Waals surface area (Å²) in [6.45, 7) is 0. The predicted octanol–water partition coefficient (Wildman–Crippen LogP) is 12.7. The van der Waals surface area contributed by atoms with Gasteiger partial charge in [0, 0.05) is 11.3 Å². The van der Waals surface area contributed by atoms with Crippen molar-refractivity contribution in [2.45, 2.75) is 0 Å². The van der Waals surface area contributed by atoms with Crippen molar-refractivity contribution < 1.29 is 0 Å². The fraction of sp³-hybridized carbons (Fsp3) is 0. The molecule has 2 heteroatoms. The van der Waals surface area contributed by atoms with Crippen LogP contribution in [-0.4, -0.2) is 9.55 Å². The molecule has 0 bridgehead atoms. The van der Waals surface area contributed by atoms with E-state index in [-0.39, 0.29) is 0 Å². The van der Waals surface area contributed by atoms with Gasteiger partial charge in [-0.25, -0.2) is 4.98 Å². The second kappa shape index (κ2) is 10.00. The largest absolute Gasteiger partial charge is 0.292 e. The number of rotatable bonds is 3. The maximum Gasteiger partial charge on any atom is 0.145 e. The molecule has 49 heavy (non-hydrogen) atoms. The third kappa shape index (κ3) is 3.80. The van der Waals surface area contributed by atoms with Gasteiger partial charge >= 0.3 is 0 Å². The van der Waals surface area contributed by atoms with Gasteiger partial charge in [0.1, 0.15) is 5.82 Å². The number of fused-ring (bicyclic) bond motifs is 3. The van der Waals surface area contributed by atoms with Crippen molar-refractivity contribution in [2.24, 2.45) is 0 Å². The van der Waals surface area contributed by atoms with Crippen LogP contribution in [0, 0.1) is 0 Å². The lowest BCUT2D eigenvalue weighted by Crippen LogP contribution is -1.97. The highest BCUT2D eigenvalue weighted by molar-refractivity contribution is 6.37. The van der Waals surface area contributed by atoms with Crippen LogP contribution in [0.5, 0.6) is 0 Å². The number of para-hydroxylation sites is 3. The van der Waals surface area contributed by atoms with Gasteiger partial charge in [-0.1, -0.05) is 127 Å². The lowest BCUT2D eigenvalue weighted by atomic mass is 9.86. The average Bonchev–Trinajstić information content (AvgIpc) is 3.56. The molecule has 0 spiro atoms. The van der Waals surface area contributed by atoms with E-state index in [2.05, 4.69) is 174 Å². The zero-order chi connectivity index (χ0) is 32.1. The summed E-state index contributed by atoms with van der Waals surface area (Å²) in [5, 5.41) is 15.5. The molecule has 11 rings (SSSR count). The molecule has 0 aliphatic rings. The highest BCUT2D eigenvalue weighted by Gasteiger charge is 2.18. The molecule has 0 aliphatic carbocycles. The molecule has 1 aromatic heterocycles. The monoisotopic (exact) mass is 620 g/mol. The molecule has 0 unspecified atom stereocenters. The van der Waals surface area contributed by atoms with Gasteiger partial charge in [0.25, 0.3) is 0 Å². The standard InChI is InChI=1S/C47H28N2/c1-2-15-36(16-3-1)49-42-21-5-4-20-41(42)48-47(49)34-14-6-13-32(26-34)35-27-33-25-24-31-11-8-18-38-37-17-7-10-29-22-23-30-12-9-19-39(45(30)43(29)37)40(28-35)46(33)44(31)38/h1-28H. The van der Waals surface area contributed by atoms with Crippen molar-refractivity contribution in [3.05, 3.63) is 170 Å². The minimum Gasteiger partial charge on any atom is -0.292 e. The molecule has 0 amide bonds. The van der Waals surface area contributed by atoms with Crippen molar-refractivity contribution in [1.82, 2.24) is 9.55 Å². The molecule has 0 aliphatic heterocycles. The third-order valence-corrected chi connectivity index (χ3v) is 10.5. The summed E-state index contributed by atoms with van der Waals surface area (Å²) >= 11 is 0. The van der Waals surface area contributed by atoms with E-state index in [1.165, 1.54) is 75.8 Å². The van der Waals surface area contributed by atoms with Gasteiger partial charge in [-0.15, -0.1) is 0 Å². The van der Waals surface area contributed by atoms with Crippen LogP contribution in [-0.2, 0) is 0 Å². The smallest absolute Gasteiger partial charge is 0.145 e. The molecule has 0 saturated heterocycles. The Morgan fingerprint density at radius 2 is 0.898 bits per heavy atom. The number of nitrogens with zero attached hydrogens (tertiary/aromatic N) is 2. The van der Waals surface area contributed by atoms with Crippen LogP contribution < -0.4 is 0 Å². The Morgan fingerprint density at radius 3 is 1.59 bits per heavy atom. The molecular weight excluding hydrogens is 593 g/mol. The summed E-state index contributed by atoms with van der Waals surface area (Å²) in [5.41, 5.74) is 6.64. The van der Waals surface area contributed by atoms with Gasteiger partial charge in [-0.3, -0.25) is 4.57 Å². The van der Waals surface area contributed by atoms with Gasteiger partial charge in [-0.05, 0) is 118 Å². The first-order valence-corrected chi connectivity index (χ1v) is 16.9. The van der Waals surface area contributed by atoms with Gasteiger partial charge < -0.3 is 0 Å². The number of hydrogen-bond acceptors (Lipinski definition) is 1. The Hall–Kier alpha value is -6.51. The van der Waals surface area contributed by atoms with E-state index in [1.807, 2.05) is 0 Å². The molecule has 2 nitrogen and oxygen atoms in total. The number of benzene rings is 9. The van der Waals surface area contributed by atoms with E-state index in [9.17, 15) is 0 Å². The highest BCUT2D eigenvalue weighted by Crippen LogP contribution is 2.44. The molecular formula is C47H28N2. The van der Waals surface area contributed by atoms with Gasteiger partial charge in [-0.2, -0.15) is 0 Å². The summed E-state index contributed by atoms with van der Waals surface area (Å²) < 4.78 is 2.28. The Kier molecular flexibility index (Phi) is 5.42. The number of imidazole rings is 1. The topological polar surface area (TPSA) is 17.8 Å². The maximum atomic E-state index is 5.17. The van der Waals surface area contributed by atoms with E-state index >= 15 is 0 Å². The average molecular weight is 621 g/mol. The Bertz CT molecular complexity index is 3090. The second-order valence-electron chi connectivity index (χ2n) is 13.1. The van der Waals surface area contributed by atoms with Crippen molar-refractivity contribution in [1.29, 1.82) is 0 Å². The Balaban J connectivity index is 1.24. The van der Waals surface area contributed by atoms with Crippen LogP contribution in [0.1, 0.15) is 0 Å². The number of aromatic nitrogens is 2. The molecule has 226 valence electrons. The first kappa shape index (κ1) is 26.5. The first-order chi connectivity index (χ1) is 24.3. The molecule has 0 saturated carbocycles. The maximum absolute atomic E-state index is 5.17. The van der Waals surface area contributed by atoms with Crippen LogP contribution in [0.25, 0.3) is 104 Å². The molecule has 0 atom stereocenters. The SMILES string of the molecule is c1ccc(-n2c(-c3cccc(-c4cc5ccc6cccc7c8cccc9ccc%10cccc(c(c4)c5c67)c%10c98)c3)nc3ccccc32)cc1. The fourth-order valence-corrected chi connectivity index (χ4v) is 8.35. The Morgan fingerprint density at radius 1 is 0.347 bits per heavy atom. The van der Waals surface area contributed by atoms with Gasteiger partial charge in [0.15, 0.2) is 0 Å². The Labute approximate surface area is 282 Å². The summed E-state index contributed by atoms with van der Waals surface area (Å²) in [7, 11) is 0. The summed E-state index contributed by atoms with van der Waals surface area (Å²) in [4.78, 5) is 5.17. The van der Waals surface area contributed by atoms with Crippen LogP contribution in [0.2, 0.25) is 0 Å². The van der Waals surface area contributed by atoms with Gasteiger partial charge in [0.2, 0.25) is 0 Å². The van der Waals surface area contributed by atoms with Crippen LogP contribution >= 0.6 is 0 Å². The highest BCUT2D eigenvalue weighted by atomic mass is 15.1. The van der Waals surface area contributed by atoms with E-state index in [4.69, 9.17) is 4.98 Å². The molecule has 10 aromatic carbocycles. The van der Waals surface area contributed by atoms with Crippen LogP contribution in [0.4, 0.5) is 0 Å². The van der Waals surface area contributed by atoms with Crippen molar-refractivity contribution in [3.63, 3.8) is 0 Å². The molecule has 11 aromatic rings. The molecule has 0 N–H and O–H groups in total. The number of hydrogen-bond donors (Lipinski definition) is 0. The molecule has 1 heterocycles. The quantitative estimate of drug-likeness (QED) is 0.180. The lowest BCUT2D eigenvalue weighted by Gasteiger charge is -2.17.